The lowest BCUT2D eigenvalue weighted by Crippen LogP contribution is -2.46. The molecular formula is C15H22N6O2. The van der Waals surface area contributed by atoms with Crippen molar-refractivity contribution in [2.24, 2.45) is 0 Å². The molecule has 2 aromatic rings. The van der Waals surface area contributed by atoms with Crippen molar-refractivity contribution in [2.75, 3.05) is 49.2 Å². The van der Waals surface area contributed by atoms with Crippen LogP contribution in [0.5, 0.6) is 0 Å². The number of imidazole rings is 1. The Morgan fingerprint density at radius 2 is 1.83 bits per heavy atom. The Bertz CT molecular complexity index is 674. The second-order valence-corrected chi connectivity index (χ2v) is 6.21. The quantitative estimate of drug-likeness (QED) is 0.877. The highest BCUT2D eigenvalue weighted by Gasteiger charge is 2.26. The number of anilines is 2. The van der Waals surface area contributed by atoms with Crippen LogP contribution >= 0.6 is 0 Å². The van der Waals surface area contributed by atoms with Crippen molar-refractivity contribution in [2.45, 2.75) is 26.1 Å². The lowest BCUT2D eigenvalue weighted by molar-refractivity contribution is -0.00570. The molecule has 2 unspecified atom stereocenters. The number of nitrogens with one attached hydrogen (secondary N) is 1. The second-order valence-electron chi connectivity index (χ2n) is 6.21. The maximum absolute atomic E-state index is 5.81. The zero-order chi connectivity index (χ0) is 15.8. The fraction of sp³-hybridized carbons (Fsp3) is 0.667. The van der Waals surface area contributed by atoms with Crippen molar-refractivity contribution >= 4 is 22.9 Å². The van der Waals surface area contributed by atoms with Crippen molar-refractivity contribution < 1.29 is 9.47 Å². The van der Waals surface area contributed by atoms with Crippen LogP contribution in [0.3, 0.4) is 0 Å². The Morgan fingerprint density at radius 1 is 1.09 bits per heavy atom. The van der Waals surface area contributed by atoms with Gasteiger partial charge in [-0.3, -0.25) is 0 Å². The largest absolute Gasteiger partial charge is 0.378 e. The van der Waals surface area contributed by atoms with Gasteiger partial charge < -0.3 is 24.3 Å². The van der Waals surface area contributed by atoms with Gasteiger partial charge in [-0.2, -0.15) is 9.97 Å². The molecule has 8 heteroatoms. The summed E-state index contributed by atoms with van der Waals surface area (Å²) in [6.07, 6.45) is 2.02. The summed E-state index contributed by atoms with van der Waals surface area (Å²) in [5, 5.41) is 0. The minimum atomic E-state index is 0.170. The number of hydrogen-bond acceptors (Lipinski definition) is 7. The monoisotopic (exact) mass is 318 g/mol. The van der Waals surface area contributed by atoms with Crippen LogP contribution in [-0.2, 0) is 9.47 Å². The van der Waals surface area contributed by atoms with E-state index in [0.29, 0.717) is 5.65 Å². The molecule has 2 aromatic heterocycles. The summed E-state index contributed by atoms with van der Waals surface area (Å²) in [4.78, 5) is 21.4. The molecule has 1 N–H and O–H groups in total. The maximum Gasteiger partial charge on any atom is 0.229 e. The molecule has 2 saturated heterocycles. The third-order valence-electron chi connectivity index (χ3n) is 4.27. The molecule has 2 aliphatic heterocycles. The van der Waals surface area contributed by atoms with E-state index in [4.69, 9.17) is 14.5 Å². The topological polar surface area (TPSA) is 79.4 Å². The van der Waals surface area contributed by atoms with Crippen molar-refractivity contribution in [3.8, 4) is 0 Å². The molecule has 23 heavy (non-hydrogen) atoms. The van der Waals surface area contributed by atoms with Gasteiger partial charge in [0.05, 0.1) is 31.7 Å². The number of aromatic nitrogens is 4. The predicted octanol–water partition coefficient (Wildman–Crippen LogP) is 0.803. The van der Waals surface area contributed by atoms with Gasteiger partial charge in [0, 0.05) is 26.2 Å². The maximum atomic E-state index is 5.81. The summed E-state index contributed by atoms with van der Waals surface area (Å²) in [5.41, 5.74) is 1.60. The molecule has 8 nitrogen and oxygen atoms in total. The standard InChI is InChI=1S/C15H22N6O2/c1-10-7-21(8-11(2)23-10)15-18-13-12(16-9-17-13)14(19-15)20-3-5-22-6-4-20/h9-11H,3-8H2,1-2H3,(H,16,17,18,19). The minimum Gasteiger partial charge on any atom is -0.378 e. The number of hydrogen-bond donors (Lipinski definition) is 1. The normalized spacial score (nSPS) is 26.0. The summed E-state index contributed by atoms with van der Waals surface area (Å²) >= 11 is 0. The summed E-state index contributed by atoms with van der Waals surface area (Å²) in [6, 6.07) is 0. The Balaban J connectivity index is 1.72. The SMILES string of the molecule is CC1CN(c2nc(N3CCOCC3)c3[nH]cnc3n2)CC(C)O1. The van der Waals surface area contributed by atoms with Crippen molar-refractivity contribution in [1.29, 1.82) is 0 Å². The van der Waals surface area contributed by atoms with Gasteiger partial charge in [-0.05, 0) is 13.8 Å². The van der Waals surface area contributed by atoms with Crippen LogP contribution in [0.4, 0.5) is 11.8 Å². The number of rotatable bonds is 2. The molecule has 2 atom stereocenters. The molecule has 2 fully saturated rings. The van der Waals surface area contributed by atoms with Gasteiger partial charge >= 0.3 is 0 Å². The average molecular weight is 318 g/mol. The van der Waals surface area contributed by atoms with Crippen molar-refractivity contribution in [3.63, 3.8) is 0 Å². The van der Waals surface area contributed by atoms with Crippen molar-refractivity contribution in [1.82, 2.24) is 19.9 Å². The number of nitrogens with zero attached hydrogens (tertiary/aromatic N) is 5. The summed E-state index contributed by atoms with van der Waals surface area (Å²) in [6.45, 7) is 8.87. The van der Waals surface area contributed by atoms with E-state index in [9.17, 15) is 0 Å². The van der Waals surface area contributed by atoms with E-state index in [1.54, 1.807) is 6.33 Å². The minimum absolute atomic E-state index is 0.170. The van der Waals surface area contributed by atoms with Crippen LogP contribution in [0.2, 0.25) is 0 Å². The van der Waals surface area contributed by atoms with E-state index in [0.717, 1.165) is 56.7 Å². The molecule has 124 valence electrons. The number of aromatic amines is 1. The van der Waals surface area contributed by atoms with Crippen LogP contribution in [0.25, 0.3) is 11.2 Å². The first kappa shape index (κ1) is 14.6. The smallest absolute Gasteiger partial charge is 0.229 e. The zero-order valence-electron chi connectivity index (χ0n) is 13.5. The van der Waals surface area contributed by atoms with Gasteiger partial charge in [0.15, 0.2) is 11.5 Å². The molecule has 0 saturated carbocycles. The molecule has 0 bridgehead atoms. The highest BCUT2D eigenvalue weighted by atomic mass is 16.5. The third kappa shape index (κ3) is 2.84. The van der Waals surface area contributed by atoms with Gasteiger partial charge in [-0.15, -0.1) is 0 Å². The summed E-state index contributed by atoms with van der Waals surface area (Å²) in [7, 11) is 0. The fourth-order valence-corrected chi connectivity index (χ4v) is 3.29. The first-order valence-corrected chi connectivity index (χ1v) is 8.15. The molecule has 0 aromatic carbocycles. The van der Waals surface area contributed by atoms with Gasteiger partial charge in [0.25, 0.3) is 0 Å². The van der Waals surface area contributed by atoms with Crippen LogP contribution in [0.15, 0.2) is 6.33 Å². The van der Waals surface area contributed by atoms with Crippen LogP contribution < -0.4 is 9.80 Å². The number of H-pyrrole nitrogens is 1. The van der Waals surface area contributed by atoms with Gasteiger partial charge in [0.1, 0.15) is 5.52 Å². The second kappa shape index (κ2) is 5.93. The van der Waals surface area contributed by atoms with E-state index in [2.05, 4.69) is 38.6 Å². The Hall–Kier alpha value is -1.93. The molecule has 2 aliphatic rings. The number of ether oxygens (including phenoxy) is 2. The first-order chi connectivity index (χ1) is 11.2. The summed E-state index contributed by atoms with van der Waals surface area (Å²) < 4.78 is 11.3. The third-order valence-corrected chi connectivity index (χ3v) is 4.27. The Kier molecular flexibility index (Phi) is 3.78. The Morgan fingerprint density at radius 3 is 2.57 bits per heavy atom. The lowest BCUT2D eigenvalue weighted by atomic mass is 10.2. The lowest BCUT2D eigenvalue weighted by Gasteiger charge is -2.36. The summed E-state index contributed by atoms with van der Waals surface area (Å²) in [5.74, 6) is 1.64. The molecule has 4 heterocycles. The molecular weight excluding hydrogens is 296 g/mol. The molecule has 0 aliphatic carbocycles. The van der Waals surface area contributed by atoms with E-state index >= 15 is 0 Å². The van der Waals surface area contributed by atoms with Crippen LogP contribution in [0.1, 0.15) is 13.8 Å². The van der Waals surface area contributed by atoms with E-state index in [1.807, 2.05) is 0 Å². The molecule has 4 rings (SSSR count). The number of fused-ring (bicyclic) bond motifs is 1. The molecule has 0 radical (unpaired) electrons. The van der Waals surface area contributed by atoms with Gasteiger partial charge in [-0.1, -0.05) is 0 Å². The Labute approximate surface area is 134 Å². The van der Waals surface area contributed by atoms with Crippen LogP contribution in [-0.4, -0.2) is 71.5 Å². The first-order valence-electron chi connectivity index (χ1n) is 8.15. The molecule has 0 amide bonds. The predicted molar refractivity (Wildman–Crippen MR) is 86.9 cm³/mol. The van der Waals surface area contributed by atoms with Gasteiger partial charge in [-0.25, -0.2) is 4.98 Å². The molecule has 0 spiro atoms. The van der Waals surface area contributed by atoms with E-state index in [1.165, 1.54) is 0 Å². The van der Waals surface area contributed by atoms with Crippen molar-refractivity contribution in [3.05, 3.63) is 6.33 Å². The van der Waals surface area contributed by atoms with Crippen LogP contribution in [0, 0.1) is 0 Å². The highest BCUT2D eigenvalue weighted by molar-refractivity contribution is 5.84. The zero-order valence-corrected chi connectivity index (χ0v) is 13.5. The number of morpholine rings is 2. The van der Waals surface area contributed by atoms with E-state index in [-0.39, 0.29) is 12.2 Å². The fourth-order valence-electron chi connectivity index (χ4n) is 3.29. The highest BCUT2D eigenvalue weighted by Crippen LogP contribution is 2.26. The van der Waals surface area contributed by atoms with Gasteiger partial charge in [0.2, 0.25) is 5.95 Å². The average Bonchev–Trinajstić information content (AvgIpc) is 3.02. The van der Waals surface area contributed by atoms with E-state index < -0.39 is 0 Å².